The average Bonchev–Trinajstić information content (AvgIpc) is 2.36. The number of anilines is 2. The molecule has 0 saturated heterocycles. The van der Waals surface area contributed by atoms with Crippen LogP contribution in [-0.2, 0) is 4.79 Å². The Bertz CT molecular complexity index is 549. The molecule has 0 unspecified atom stereocenters. The molecule has 3 N–H and O–H groups in total. The maximum atomic E-state index is 11.3. The van der Waals surface area contributed by atoms with Crippen LogP contribution < -0.4 is 15.4 Å². The van der Waals surface area contributed by atoms with Crippen molar-refractivity contribution in [2.24, 2.45) is 0 Å². The molecule has 0 saturated carbocycles. The van der Waals surface area contributed by atoms with Crippen LogP contribution in [0.3, 0.4) is 0 Å². The standard InChI is InChI=1S/C13H15N3O2/c1-7(8(2)14)9-4-10-11(5-12(9)18-3)16-13(17)6-15-10/h4-5,14-15H,1,6H2,2-3H3,(H,16,17). The first-order valence-electron chi connectivity index (χ1n) is 5.53. The van der Waals surface area contributed by atoms with Gasteiger partial charge in [-0.2, -0.15) is 0 Å². The molecule has 1 aliphatic rings. The number of hydrogen-bond donors (Lipinski definition) is 3. The topological polar surface area (TPSA) is 74.2 Å². The summed E-state index contributed by atoms with van der Waals surface area (Å²) in [7, 11) is 1.55. The Kier molecular flexibility index (Phi) is 3.06. The van der Waals surface area contributed by atoms with Crippen molar-refractivity contribution < 1.29 is 9.53 Å². The number of rotatable bonds is 3. The molecule has 18 heavy (non-hydrogen) atoms. The summed E-state index contributed by atoms with van der Waals surface area (Å²) in [6, 6.07) is 3.58. The molecule has 0 atom stereocenters. The first-order chi connectivity index (χ1) is 8.52. The van der Waals surface area contributed by atoms with E-state index < -0.39 is 0 Å². The molecule has 0 aliphatic carbocycles. The van der Waals surface area contributed by atoms with Crippen LogP contribution >= 0.6 is 0 Å². The highest BCUT2D eigenvalue weighted by molar-refractivity contribution is 6.21. The number of nitrogens with one attached hydrogen (secondary N) is 3. The summed E-state index contributed by atoms with van der Waals surface area (Å²) >= 11 is 0. The lowest BCUT2D eigenvalue weighted by Gasteiger charge is -2.21. The minimum atomic E-state index is -0.0839. The van der Waals surface area contributed by atoms with Crippen molar-refractivity contribution in [3.8, 4) is 5.75 Å². The van der Waals surface area contributed by atoms with Crippen molar-refractivity contribution in [2.75, 3.05) is 24.3 Å². The van der Waals surface area contributed by atoms with Gasteiger partial charge in [-0.25, -0.2) is 0 Å². The molecule has 2 rings (SSSR count). The number of fused-ring (bicyclic) bond motifs is 1. The summed E-state index contributed by atoms with van der Waals surface area (Å²) in [6.45, 7) is 5.80. The second-order valence-corrected chi connectivity index (χ2v) is 4.10. The van der Waals surface area contributed by atoms with Crippen LogP contribution in [0.1, 0.15) is 12.5 Å². The molecule has 5 heteroatoms. The van der Waals surface area contributed by atoms with E-state index in [2.05, 4.69) is 17.2 Å². The van der Waals surface area contributed by atoms with Crippen molar-refractivity contribution in [1.82, 2.24) is 0 Å². The lowest BCUT2D eigenvalue weighted by Crippen LogP contribution is -2.27. The molecule has 1 amide bonds. The SMILES string of the molecule is C=C(C(C)=N)c1cc2c(cc1OC)NC(=O)CN2. The predicted molar refractivity (Wildman–Crippen MR) is 72.5 cm³/mol. The summed E-state index contributed by atoms with van der Waals surface area (Å²) in [5.41, 5.74) is 3.24. The molecule has 1 aromatic rings. The minimum absolute atomic E-state index is 0.0839. The van der Waals surface area contributed by atoms with E-state index >= 15 is 0 Å². The fraction of sp³-hybridized carbons (Fsp3) is 0.231. The highest BCUT2D eigenvalue weighted by Gasteiger charge is 2.18. The Balaban J connectivity index is 2.51. The fourth-order valence-corrected chi connectivity index (χ4v) is 1.81. The van der Waals surface area contributed by atoms with Crippen LogP contribution in [0.5, 0.6) is 5.75 Å². The first-order valence-corrected chi connectivity index (χ1v) is 5.53. The summed E-state index contributed by atoms with van der Waals surface area (Å²) in [5, 5.41) is 13.4. The average molecular weight is 245 g/mol. The molecule has 5 nitrogen and oxygen atoms in total. The largest absolute Gasteiger partial charge is 0.496 e. The van der Waals surface area contributed by atoms with E-state index in [9.17, 15) is 4.79 Å². The lowest BCUT2D eigenvalue weighted by molar-refractivity contribution is -0.114. The maximum Gasteiger partial charge on any atom is 0.243 e. The molecule has 1 heterocycles. The molecule has 94 valence electrons. The molecule has 0 bridgehead atoms. The molecule has 0 spiro atoms. The summed E-state index contributed by atoms with van der Waals surface area (Å²) in [4.78, 5) is 11.3. The van der Waals surface area contributed by atoms with Gasteiger partial charge in [-0.1, -0.05) is 6.58 Å². The van der Waals surface area contributed by atoms with E-state index in [0.717, 1.165) is 11.3 Å². The quantitative estimate of drug-likeness (QED) is 0.714. The van der Waals surface area contributed by atoms with Gasteiger partial charge in [-0.05, 0) is 18.6 Å². The number of methoxy groups -OCH3 is 1. The van der Waals surface area contributed by atoms with Gasteiger partial charge in [0.05, 0.1) is 25.0 Å². The Labute approximate surface area is 105 Å². The third-order valence-electron chi connectivity index (χ3n) is 2.83. The van der Waals surface area contributed by atoms with Gasteiger partial charge in [-0.3, -0.25) is 4.79 Å². The van der Waals surface area contributed by atoms with E-state index in [1.807, 2.05) is 6.07 Å². The Hall–Kier alpha value is -2.30. The molecular weight excluding hydrogens is 230 g/mol. The zero-order chi connectivity index (χ0) is 13.3. The van der Waals surface area contributed by atoms with Crippen molar-refractivity contribution in [3.05, 3.63) is 24.3 Å². The van der Waals surface area contributed by atoms with Gasteiger partial charge in [0.25, 0.3) is 0 Å². The lowest BCUT2D eigenvalue weighted by atomic mass is 10.0. The van der Waals surface area contributed by atoms with Gasteiger partial charge >= 0.3 is 0 Å². The molecule has 1 aromatic carbocycles. The van der Waals surface area contributed by atoms with Crippen molar-refractivity contribution in [1.29, 1.82) is 5.41 Å². The smallest absolute Gasteiger partial charge is 0.243 e. The highest BCUT2D eigenvalue weighted by atomic mass is 16.5. The number of carbonyl (C=O) groups excluding carboxylic acids is 1. The molecule has 1 aliphatic heterocycles. The number of carbonyl (C=O) groups is 1. The van der Waals surface area contributed by atoms with E-state index in [4.69, 9.17) is 10.1 Å². The van der Waals surface area contributed by atoms with Crippen LogP contribution in [0.4, 0.5) is 11.4 Å². The summed E-state index contributed by atoms with van der Waals surface area (Å²) in [6.07, 6.45) is 0. The van der Waals surface area contributed by atoms with Gasteiger partial charge in [0.2, 0.25) is 5.91 Å². The molecule has 0 aromatic heterocycles. The number of benzene rings is 1. The Morgan fingerprint density at radius 2 is 2.17 bits per heavy atom. The summed E-state index contributed by atoms with van der Waals surface area (Å²) < 4.78 is 5.28. The van der Waals surface area contributed by atoms with Gasteiger partial charge in [0.1, 0.15) is 5.75 Å². The van der Waals surface area contributed by atoms with E-state index in [-0.39, 0.29) is 12.5 Å². The Morgan fingerprint density at radius 3 is 2.78 bits per heavy atom. The van der Waals surface area contributed by atoms with Crippen LogP contribution in [0, 0.1) is 5.41 Å². The van der Waals surface area contributed by atoms with Crippen molar-refractivity contribution >= 4 is 28.6 Å². The van der Waals surface area contributed by atoms with Crippen LogP contribution in [0.15, 0.2) is 18.7 Å². The summed E-state index contributed by atoms with van der Waals surface area (Å²) in [5.74, 6) is 0.508. The normalized spacial score (nSPS) is 13.1. The predicted octanol–water partition coefficient (Wildman–Crippen LogP) is 2.11. The zero-order valence-corrected chi connectivity index (χ0v) is 10.4. The highest BCUT2D eigenvalue weighted by Crippen LogP contribution is 2.36. The van der Waals surface area contributed by atoms with Crippen molar-refractivity contribution in [2.45, 2.75) is 6.92 Å². The molecule has 0 radical (unpaired) electrons. The molecule has 0 fully saturated rings. The van der Waals surface area contributed by atoms with Gasteiger partial charge < -0.3 is 20.8 Å². The van der Waals surface area contributed by atoms with Gasteiger partial charge in [0.15, 0.2) is 0 Å². The first kappa shape index (κ1) is 12.2. The third-order valence-corrected chi connectivity index (χ3v) is 2.83. The number of amides is 1. The fourth-order valence-electron chi connectivity index (χ4n) is 1.81. The van der Waals surface area contributed by atoms with Crippen molar-refractivity contribution in [3.63, 3.8) is 0 Å². The van der Waals surface area contributed by atoms with Crippen LogP contribution in [0.25, 0.3) is 5.57 Å². The van der Waals surface area contributed by atoms with Crippen LogP contribution in [0.2, 0.25) is 0 Å². The second-order valence-electron chi connectivity index (χ2n) is 4.10. The monoisotopic (exact) mass is 245 g/mol. The van der Waals surface area contributed by atoms with E-state index in [1.165, 1.54) is 0 Å². The zero-order valence-electron chi connectivity index (χ0n) is 10.4. The number of allylic oxidation sites excluding steroid dienone is 1. The second kappa shape index (κ2) is 4.52. The van der Waals surface area contributed by atoms with E-state index in [1.54, 1.807) is 20.1 Å². The van der Waals surface area contributed by atoms with Gasteiger partial charge in [0, 0.05) is 17.3 Å². The van der Waals surface area contributed by atoms with Crippen LogP contribution in [-0.4, -0.2) is 25.3 Å². The van der Waals surface area contributed by atoms with Gasteiger partial charge in [-0.15, -0.1) is 0 Å². The maximum absolute atomic E-state index is 11.3. The third kappa shape index (κ3) is 2.07. The number of ether oxygens (including phenoxy) is 1. The minimum Gasteiger partial charge on any atom is -0.496 e. The molecular formula is C13H15N3O2. The Morgan fingerprint density at radius 1 is 1.44 bits per heavy atom. The number of hydrogen-bond acceptors (Lipinski definition) is 4. The van der Waals surface area contributed by atoms with E-state index in [0.29, 0.717) is 22.7 Å².